The third kappa shape index (κ3) is 3.82. The van der Waals surface area contributed by atoms with Gasteiger partial charge in [0.05, 0.1) is 0 Å². The standard InChI is InChI=1S/C22H25F2NO2/c1-14-5-7-17(9-15(14)2)27-11-20(26)25-13-22(12-21(22,3)4)18-8-6-16(23)10-19(18)24/h5-10H,11-13H2,1-4H3,(H,25,26). The van der Waals surface area contributed by atoms with Crippen molar-refractivity contribution in [3.05, 3.63) is 64.7 Å². The first-order valence-electron chi connectivity index (χ1n) is 9.07. The summed E-state index contributed by atoms with van der Waals surface area (Å²) in [5.41, 5.74) is 2.00. The van der Waals surface area contributed by atoms with Crippen molar-refractivity contribution in [1.29, 1.82) is 0 Å². The van der Waals surface area contributed by atoms with E-state index in [0.29, 0.717) is 11.3 Å². The molecule has 1 aliphatic rings. The van der Waals surface area contributed by atoms with Gasteiger partial charge < -0.3 is 10.1 Å². The molecular weight excluding hydrogens is 348 g/mol. The van der Waals surface area contributed by atoms with Crippen LogP contribution in [0.4, 0.5) is 8.78 Å². The minimum Gasteiger partial charge on any atom is -0.484 e. The van der Waals surface area contributed by atoms with E-state index >= 15 is 0 Å². The molecule has 144 valence electrons. The summed E-state index contributed by atoms with van der Waals surface area (Å²) in [7, 11) is 0. The van der Waals surface area contributed by atoms with Crippen molar-refractivity contribution in [1.82, 2.24) is 5.32 Å². The van der Waals surface area contributed by atoms with Crippen molar-refractivity contribution in [2.24, 2.45) is 5.41 Å². The Balaban J connectivity index is 1.63. The SMILES string of the molecule is Cc1ccc(OCC(=O)NCC2(c3ccc(F)cc3F)CC2(C)C)cc1C. The van der Waals surface area contributed by atoms with Crippen LogP contribution >= 0.6 is 0 Å². The quantitative estimate of drug-likeness (QED) is 0.813. The number of aryl methyl sites for hydroxylation is 2. The van der Waals surface area contributed by atoms with E-state index < -0.39 is 17.0 Å². The number of nitrogens with one attached hydrogen (secondary N) is 1. The zero-order chi connectivity index (χ0) is 19.8. The van der Waals surface area contributed by atoms with E-state index in [1.54, 1.807) is 0 Å². The number of halogens is 2. The van der Waals surface area contributed by atoms with Crippen LogP contribution in [0.2, 0.25) is 0 Å². The molecule has 3 nitrogen and oxygen atoms in total. The minimum atomic E-state index is -0.601. The zero-order valence-corrected chi connectivity index (χ0v) is 16.2. The largest absolute Gasteiger partial charge is 0.484 e. The highest BCUT2D eigenvalue weighted by Crippen LogP contribution is 2.64. The second kappa shape index (κ2) is 6.95. The van der Waals surface area contributed by atoms with Gasteiger partial charge in [-0.2, -0.15) is 0 Å². The van der Waals surface area contributed by atoms with Crippen molar-refractivity contribution in [2.75, 3.05) is 13.2 Å². The number of benzene rings is 2. The number of carbonyl (C=O) groups is 1. The Hall–Kier alpha value is -2.43. The number of hydrogen-bond donors (Lipinski definition) is 1. The fourth-order valence-corrected chi connectivity index (χ4v) is 3.70. The van der Waals surface area contributed by atoms with Crippen LogP contribution < -0.4 is 10.1 Å². The maximum Gasteiger partial charge on any atom is 0.257 e. The van der Waals surface area contributed by atoms with Crippen LogP contribution in [-0.4, -0.2) is 19.1 Å². The van der Waals surface area contributed by atoms with E-state index in [1.165, 1.54) is 12.1 Å². The van der Waals surface area contributed by atoms with E-state index in [4.69, 9.17) is 4.74 Å². The molecule has 0 aliphatic heterocycles. The Kier molecular flexibility index (Phi) is 4.98. The first-order chi connectivity index (χ1) is 12.6. The van der Waals surface area contributed by atoms with Gasteiger partial charge >= 0.3 is 0 Å². The fourth-order valence-electron chi connectivity index (χ4n) is 3.70. The summed E-state index contributed by atoms with van der Waals surface area (Å²) in [5, 5.41) is 2.85. The third-order valence-corrected chi connectivity index (χ3v) is 5.80. The number of carbonyl (C=O) groups excluding carboxylic acids is 1. The van der Waals surface area contributed by atoms with Crippen LogP contribution in [0.3, 0.4) is 0 Å². The molecule has 0 heterocycles. The lowest BCUT2D eigenvalue weighted by Gasteiger charge is -2.22. The first kappa shape index (κ1) is 19.3. The molecule has 3 rings (SSSR count). The molecular formula is C22H25F2NO2. The molecule has 5 heteroatoms. The first-order valence-corrected chi connectivity index (χ1v) is 9.07. The van der Waals surface area contributed by atoms with Gasteiger partial charge in [-0.25, -0.2) is 8.78 Å². The second-order valence-corrected chi connectivity index (χ2v) is 8.08. The maximum absolute atomic E-state index is 14.3. The van der Waals surface area contributed by atoms with Crippen molar-refractivity contribution < 1.29 is 18.3 Å². The van der Waals surface area contributed by atoms with Gasteiger partial charge in [-0.1, -0.05) is 26.0 Å². The monoisotopic (exact) mass is 373 g/mol. The lowest BCUT2D eigenvalue weighted by Crippen LogP contribution is -2.37. The lowest BCUT2D eigenvalue weighted by atomic mass is 9.87. The van der Waals surface area contributed by atoms with Gasteiger partial charge in [-0.05, 0) is 60.6 Å². The summed E-state index contributed by atoms with van der Waals surface area (Å²) >= 11 is 0. The zero-order valence-electron chi connectivity index (χ0n) is 16.2. The molecule has 27 heavy (non-hydrogen) atoms. The number of ether oxygens (including phenoxy) is 1. The highest BCUT2D eigenvalue weighted by Gasteiger charge is 2.62. The summed E-state index contributed by atoms with van der Waals surface area (Å²) in [6.07, 6.45) is 0.723. The van der Waals surface area contributed by atoms with E-state index in [-0.39, 0.29) is 24.5 Å². The van der Waals surface area contributed by atoms with Crippen LogP contribution in [0.1, 0.15) is 37.0 Å². The highest BCUT2D eigenvalue weighted by atomic mass is 19.1. The molecule has 0 aromatic heterocycles. The predicted molar refractivity (Wildman–Crippen MR) is 101 cm³/mol. The molecule has 1 unspecified atom stereocenters. The average Bonchev–Trinajstić information content (AvgIpc) is 3.16. The van der Waals surface area contributed by atoms with Gasteiger partial charge in [-0.15, -0.1) is 0 Å². The molecule has 1 aliphatic carbocycles. The molecule has 0 bridgehead atoms. The number of hydrogen-bond acceptors (Lipinski definition) is 2. The van der Waals surface area contributed by atoms with Crippen LogP contribution in [0.25, 0.3) is 0 Å². The smallest absolute Gasteiger partial charge is 0.257 e. The summed E-state index contributed by atoms with van der Waals surface area (Å²) in [4.78, 5) is 12.2. The van der Waals surface area contributed by atoms with Gasteiger partial charge in [0.25, 0.3) is 5.91 Å². The maximum atomic E-state index is 14.3. The fraction of sp³-hybridized carbons (Fsp3) is 0.409. The van der Waals surface area contributed by atoms with E-state index in [9.17, 15) is 13.6 Å². The van der Waals surface area contributed by atoms with E-state index in [0.717, 1.165) is 23.6 Å². The van der Waals surface area contributed by atoms with E-state index in [1.807, 2.05) is 45.9 Å². The lowest BCUT2D eigenvalue weighted by molar-refractivity contribution is -0.123. The minimum absolute atomic E-state index is 0.106. The van der Waals surface area contributed by atoms with Gasteiger partial charge in [-0.3, -0.25) is 4.79 Å². The van der Waals surface area contributed by atoms with Crippen LogP contribution in [0.5, 0.6) is 5.75 Å². The van der Waals surface area contributed by atoms with Gasteiger partial charge in [0.2, 0.25) is 0 Å². The Morgan fingerprint density at radius 3 is 2.41 bits per heavy atom. The summed E-state index contributed by atoms with van der Waals surface area (Å²) in [6.45, 7) is 8.22. The molecule has 1 N–H and O–H groups in total. The molecule has 2 aromatic carbocycles. The number of rotatable bonds is 6. The molecule has 1 amide bonds. The molecule has 1 saturated carbocycles. The Bertz CT molecular complexity index is 879. The Morgan fingerprint density at radius 2 is 1.81 bits per heavy atom. The third-order valence-electron chi connectivity index (χ3n) is 5.80. The summed E-state index contributed by atoms with van der Waals surface area (Å²) < 4.78 is 33.1. The highest BCUT2D eigenvalue weighted by molar-refractivity contribution is 5.77. The van der Waals surface area contributed by atoms with E-state index in [2.05, 4.69) is 5.32 Å². The molecule has 1 atom stereocenters. The van der Waals surface area contributed by atoms with Crippen LogP contribution in [-0.2, 0) is 10.2 Å². The average molecular weight is 373 g/mol. The van der Waals surface area contributed by atoms with Crippen LogP contribution in [0, 0.1) is 30.9 Å². The Morgan fingerprint density at radius 1 is 1.11 bits per heavy atom. The van der Waals surface area contributed by atoms with Crippen molar-refractivity contribution >= 4 is 5.91 Å². The summed E-state index contributed by atoms with van der Waals surface area (Å²) in [6, 6.07) is 9.31. The van der Waals surface area contributed by atoms with Crippen LogP contribution in [0.15, 0.2) is 36.4 Å². The van der Waals surface area contributed by atoms with Gasteiger partial charge in [0, 0.05) is 18.0 Å². The topological polar surface area (TPSA) is 38.3 Å². The molecule has 0 spiro atoms. The van der Waals surface area contributed by atoms with Crippen molar-refractivity contribution in [2.45, 2.75) is 39.5 Å². The summed E-state index contributed by atoms with van der Waals surface area (Å²) in [5.74, 6) is -0.797. The predicted octanol–water partition coefficient (Wildman–Crippen LogP) is 4.44. The molecule has 2 aromatic rings. The number of amides is 1. The normalized spacial score (nSPS) is 20.2. The molecule has 0 radical (unpaired) electrons. The Labute approximate surface area is 158 Å². The molecule has 1 fully saturated rings. The molecule has 0 saturated heterocycles. The van der Waals surface area contributed by atoms with Crippen molar-refractivity contribution in [3.63, 3.8) is 0 Å². The van der Waals surface area contributed by atoms with Gasteiger partial charge in [0.15, 0.2) is 6.61 Å². The second-order valence-electron chi connectivity index (χ2n) is 8.08. The van der Waals surface area contributed by atoms with Gasteiger partial charge in [0.1, 0.15) is 17.4 Å². The van der Waals surface area contributed by atoms with Crippen molar-refractivity contribution in [3.8, 4) is 5.75 Å².